The van der Waals surface area contributed by atoms with Crippen LogP contribution in [0.2, 0.25) is 10.0 Å². The summed E-state index contributed by atoms with van der Waals surface area (Å²) in [5.41, 5.74) is 0.786. The molecule has 0 aromatic heterocycles. The van der Waals surface area contributed by atoms with Crippen LogP contribution < -0.4 is 4.74 Å². The summed E-state index contributed by atoms with van der Waals surface area (Å²) in [6.45, 7) is -0.261. The van der Waals surface area contributed by atoms with Crippen molar-refractivity contribution in [3.63, 3.8) is 0 Å². The Morgan fingerprint density at radius 3 is 2.58 bits per heavy atom. The van der Waals surface area contributed by atoms with Gasteiger partial charge in [-0.15, -0.1) is 0 Å². The predicted octanol–water partition coefficient (Wildman–Crippen LogP) is 2.57. The van der Waals surface area contributed by atoms with E-state index in [0.717, 1.165) is 4.90 Å². The third-order valence-corrected chi connectivity index (χ3v) is 4.39. The van der Waals surface area contributed by atoms with Gasteiger partial charge in [0, 0.05) is 17.6 Å². The number of carbonyl (C=O) groups excluding carboxylic acids is 2. The number of ether oxygens (including phenoxy) is 2. The lowest BCUT2D eigenvalue weighted by molar-refractivity contribution is -0.143. The number of thiocarbonyl (C=S) groups is 1. The molecule has 1 aromatic rings. The SMILES string of the molecule is COC(=O)CN1C(=O)/C(=C/c2cc(Cl)cc(Cl)c2OC)N(C)C1=S. The molecule has 0 unspecified atom stereocenters. The average Bonchev–Trinajstić information content (AvgIpc) is 2.72. The second-order valence-electron chi connectivity index (χ2n) is 4.85. The summed E-state index contributed by atoms with van der Waals surface area (Å²) in [4.78, 5) is 26.7. The first kappa shape index (κ1) is 18.5. The van der Waals surface area contributed by atoms with Gasteiger partial charge in [0.2, 0.25) is 0 Å². The average molecular weight is 389 g/mol. The highest BCUT2D eigenvalue weighted by atomic mass is 35.5. The largest absolute Gasteiger partial charge is 0.495 e. The van der Waals surface area contributed by atoms with Crippen molar-refractivity contribution in [2.75, 3.05) is 27.8 Å². The van der Waals surface area contributed by atoms with Crippen LogP contribution in [0.1, 0.15) is 5.56 Å². The summed E-state index contributed by atoms with van der Waals surface area (Å²) in [5, 5.41) is 0.914. The van der Waals surface area contributed by atoms with Crippen LogP contribution in [0.5, 0.6) is 5.75 Å². The zero-order valence-electron chi connectivity index (χ0n) is 13.1. The maximum atomic E-state index is 12.6. The van der Waals surface area contributed by atoms with Gasteiger partial charge in [0.1, 0.15) is 18.0 Å². The number of hydrogen-bond donors (Lipinski definition) is 0. The molecule has 0 bridgehead atoms. The first-order chi connectivity index (χ1) is 11.3. The van der Waals surface area contributed by atoms with Crippen LogP contribution in [-0.2, 0) is 14.3 Å². The molecule has 2 rings (SSSR count). The Morgan fingerprint density at radius 2 is 2.00 bits per heavy atom. The Morgan fingerprint density at radius 1 is 1.33 bits per heavy atom. The van der Waals surface area contributed by atoms with Crippen molar-refractivity contribution in [1.29, 1.82) is 0 Å². The number of nitrogens with zero attached hydrogens (tertiary/aromatic N) is 2. The van der Waals surface area contributed by atoms with Crippen molar-refractivity contribution < 1.29 is 19.1 Å². The Labute approximate surface area is 154 Å². The maximum absolute atomic E-state index is 12.6. The molecular formula is C15H14Cl2N2O4S. The Bertz CT molecular complexity index is 751. The Hall–Kier alpha value is -1.83. The number of amides is 1. The second kappa shape index (κ2) is 7.38. The number of halogens is 2. The topological polar surface area (TPSA) is 59.1 Å². The minimum Gasteiger partial charge on any atom is -0.495 e. The van der Waals surface area contributed by atoms with Gasteiger partial charge in [0.05, 0.1) is 19.2 Å². The smallest absolute Gasteiger partial charge is 0.325 e. The molecule has 0 aliphatic carbocycles. The summed E-state index contributed by atoms with van der Waals surface area (Å²) in [7, 11) is 4.33. The van der Waals surface area contributed by atoms with Gasteiger partial charge in [0.25, 0.3) is 5.91 Å². The van der Waals surface area contributed by atoms with E-state index in [1.54, 1.807) is 25.3 Å². The Balaban J connectivity index is 2.45. The molecule has 1 heterocycles. The van der Waals surface area contributed by atoms with Gasteiger partial charge >= 0.3 is 5.97 Å². The van der Waals surface area contributed by atoms with Crippen LogP contribution in [0.25, 0.3) is 6.08 Å². The van der Waals surface area contributed by atoms with Gasteiger partial charge < -0.3 is 14.4 Å². The molecule has 1 amide bonds. The van der Waals surface area contributed by atoms with E-state index in [0.29, 0.717) is 21.4 Å². The van der Waals surface area contributed by atoms with Gasteiger partial charge in [-0.2, -0.15) is 0 Å². The van der Waals surface area contributed by atoms with Crippen LogP contribution in [0, 0.1) is 0 Å². The van der Waals surface area contributed by atoms with Crippen molar-refractivity contribution in [2.45, 2.75) is 0 Å². The van der Waals surface area contributed by atoms with E-state index in [9.17, 15) is 9.59 Å². The quantitative estimate of drug-likeness (QED) is 0.448. The van der Waals surface area contributed by atoms with Crippen LogP contribution in [0.3, 0.4) is 0 Å². The fourth-order valence-corrected chi connectivity index (χ4v) is 3.03. The zero-order chi connectivity index (χ0) is 18.0. The van der Waals surface area contributed by atoms with E-state index in [1.807, 2.05) is 0 Å². The fraction of sp³-hybridized carbons (Fsp3) is 0.267. The molecule has 0 spiro atoms. The molecule has 1 saturated heterocycles. The molecule has 9 heteroatoms. The lowest BCUT2D eigenvalue weighted by atomic mass is 10.1. The lowest BCUT2D eigenvalue weighted by Gasteiger charge is -2.14. The summed E-state index contributed by atoms with van der Waals surface area (Å²) in [5.74, 6) is -0.609. The van der Waals surface area contributed by atoms with E-state index in [1.165, 1.54) is 19.1 Å². The highest BCUT2D eigenvalue weighted by molar-refractivity contribution is 7.80. The summed E-state index contributed by atoms with van der Waals surface area (Å²) < 4.78 is 9.84. The van der Waals surface area contributed by atoms with E-state index in [2.05, 4.69) is 4.74 Å². The van der Waals surface area contributed by atoms with Gasteiger partial charge in [0.15, 0.2) is 5.11 Å². The van der Waals surface area contributed by atoms with Crippen molar-refractivity contribution >= 4 is 58.5 Å². The summed E-state index contributed by atoms with van der Waals surface area (Å²) in [6, 6.07) is 3.16. The minimum atomic E-state index is -0.566. The van der Waals surface area contributed by atoms with Gasteiger partial charge in [-0.3, -0.25) is 14.5 Å². The summed E-state index contributed by atoms with van der Waals surface area (Å²) >= 11 is 17.3. The standard InChI is InChI=1S/C15H14Cl2N2O4S/c1-18-11(14(21)19(15(18)24)7-12(20)22-2)5-8-4-9(16)6-10(17)13(8)23-3/h4-6H,7H2,1-3H3/b11-5-. The fourth-order valence-electron chi connectivity index (χ4n) is 2.19. The molecule has 0 atom stereocenters. The molecule has 1 aliphatic heterocycles. The maximum Gasteiger partial charge on any atom is 0.325 e. The number of hydrogen-bond acceptors (Lipinski definition) is 5. The number of benzene rings is 1. The van der Waals surface area contributed by atoms with Crippen molar-refractivity contribution in [3.8, 4) is 5.75 Å². The van der Waals surface area contributed by atoms with E-state index in [-0.39, 0.29) is 17.4 Å². The third-order valence-electron chi connectivity index (χ3n) is 3.39. The molecule has 1 aromatic carbocycles. The minimum absolute atomic E-state index is 0.198. The van der Waals surface area contributed by atoms with E-state index in [4.69, 9.17) is 40.2 Å². The molecule has 24 heavy (non-hydrogen) atoms. The number of methoxy groups -OCH3 is 2. The zero-order valence-corrected chi connectivity index (χ0v) is 15.5. The molecule has 6 nitrogen and oxygen atoms in total. The number of likely N-dealkylation sites (N-methyl/N-ethyl adjacent to an activating group) is 1. The van der Waals surface area contributed by atoms with Crippen LogP contribution in [-0.4, -0.2) is 54.6 Å². The monoisotopic (exact) mass is 388 g/mol. The van der Waals surface area contributed by atoms with Gasteiger partial charge in [-0.05, 0) is 30.4 Å². The second-order valence-corrected chi connectivity index (χ2v) is 6.06. The first-order valence-corrected chi connectivity index (χ1v) is 7.87. The molecule has 0 saturated carbocycles. The molecule has 0 radical (unpaired) electrons. The van der Waals surface area contributed by atoms with E-state index < -0.39 is 11.9 Å². The molecule has 1 fully saturated rings. The lowest BCUT2D eigenvalue weighted by Crippen LogP contribution is -2.36. The van der Waals surface area contributed by atoms with Crippen molar-refractivity contribution in [3.05, 3.63) is 33.4 Å². The van der Waals surface area contributed by atoms with Crippen LogP contribution >= 0.6 is 35.4 Å². The molecule has 1 aliphatic rings. The van der Waals surface area contributed by atoms with Gasteiger partial charge in [-0.25, -0.2) is 0 Å². The van der Waals surface area contributed by atoms with E-state index >= 15 is 0 Å². The summed E-state index contributed by atoms with van der Waals surface area (Å²) in [6.07, 6.45) is 1.56. The Kier molecular flexibility index (Phi) is 5.69. The van der Waals surface area contributed by atoms with Crippen LogP contribution in [0.15, 0.2) is 17.8 Å². The number of carbonyl (C=O) groups is 2. The first-order valence-electron chi connectivity index (χ1n) is 6.71. The number of rotatable bonds is 4. The predicted molar refractivity (Wildman–Crippen MR) is 95.1 cm³/mol. The van der Waals surface area contributed by atoms with Crippen LogP contribution in [0.4, 0.5) is 0 Å². The molecule has 128 valence electrons. The van der Waals surface area contributed by atoms with Crippen molar-refractivity contribution in [2.24, 2.45) is 0 Å². The van der Waals surface area contributed by atoms with Gasteiger partial charge in [-0.1, -0.05) is 23.2 Å². The highest BCUT2D eigenvalue weighted by Gasteiger charge is 2.37. The normalized spacial score (nSPS) is 16.1. The van der Waals surface area contributed by atoms with Crippen molar-refractivity contribution in [1.82, 2.24) is 9.80 Å². The third kappa shape index (κ3) is 3.48. The molecule has 0 N–H and O–H groups in total. The number of esters is 1. The molecular weight excluding hydrogens is 375 g/mol. The highest BCUT2D eigenvalue weighted by Crippen LogP contribution is 2.34.